The van der Waals surface area contributed by atoms with Crippen molar-refractivity contribution >= 4 is 26.8 Å². The summed E-state index contributed by atoms with van der Waals surface area (Å²) in [4.78, 5) is 4.38. The van der Waals surface area contributed by atoms with E-state index in [2.05, 4.69) is 64.9 Å². The number of para-hydroxylation sites is 2. The van der Waals surface area contributed by atoms with Crippen molar-refractivity contribution in [1.29, 1.82) is 0 Å². The third-order valence-corrected chi connectivity index (χ3v) is 6.65. The molecule has 0 saturated carbocycles. The van der Waals surface area contributed by atoms with Gasteiger partial charge in [0.25, 0.3) is 0 Å². The molecule has 0 spiro atoms. The maximum Gasteiger partial charge on any atom is 0.479 e. The molecule has 0 unspecified atom stereocenters. The molecule has 0 atom stereocenters. The maximum absolute atomic E-state index is 10.3. The van der Waals surface area contributed by atoms with E-state index < -0.39 is 10.1 Å². The lowest BCUT2D eigenvalue weighted by Gasteiger charge is -2.08. The highest BCUT2D eigenvalue weighted by Gasteiger charge is 2.14. The Hall–Kier alpha value is -3.45. The van der Waals surface area contributed by atoms with E-state index in [4.69, 9.17) is 0 Å². The van der Waals surface area contributed by atoms with Gasteiger partial charge in [0, 0.05) is 0 Å². The first-order valence-electron chi connectivity index (χ1n) is 10.5. The third kappa shape index (κ3) is 5.14. The SMILES string of the molecule is Cc1cc(C)c(C)c(N=[N+]=c2n(C)c3ccccc3n2C)c1C.O=S(=O)([O-])c1ccccc1. The second kappa shape index (κ2) is 9.58. The Kier molecular flexibility index (Phi) is 7.03. The normalized spacial score (nSPS) is 11.0. The molecule has 0 N–H and O–H groups in total. The lowest BCUT2D eigenvalue weighted by Crippen LogP contribution is -2.23. The van der Waals surface area contributed by atoms with Gasteiger partial charge in [0.1, 0.15) is 26.8 Å². The van der Waals surface area contributed by atoms with E-state index in [9.17, 15) is 13.0 Å². The largest absolute Gasteiger partial charge is 0.744 e. The molecule has 0 amide bonds. The summed E-state index contributed by atoms with van der Waals surface area (Å²) in [6, 6.07) is 17.7. The first-order chi connectivity index (χ1) is 15.5. The molecule has 8 heteroatoms. The maximum atomic E-state index is 10.3. The van der Waals surface area contributed by atoms with Crippen LogP contribution in [0.2, 0.25) is 0 Å². The van der Waals surface area contributed by atoms with Gasteiger partial charge in [-0.25, -0.2) is 17.6 Å². The van der Waals surface area contributed by atoms with Gasteiger partial charge in [-0.05, 0) is 79.3 Å². The lowest BCUT2D eigenvalue weighted by molar-refractivity contribution is -0.151. The van der Waals surface area contributed by atoms with Gasteiger partial charge in [0.05, 0.1) is 19.0 Å². The second-order valence-electron chi connectivity index (χ2n) is 7.98. The Morgan fingerprint density at radius 2 is 1.24 bits per heavy atom. The summed E-state index contributed by atoms with van der Waals surface area (Å²) < 4.78 is 35.0. The number of hydrogen-bond donors (Lipinski definition) is 0. The average molecular weight is 465 g/mol. The van der Waals surface area contributed by atoms with Crippen molar-refractivity contribution in [2.75, 3.05) is 0 Å². The fourth-order valence-corrected chi connectivity index (χ4v) is 4.12. The zero-order valence-corrected chi connectivity index (χ0v) is 20.5. The van der Waals surface area contributed by atoms with Gasteiger partial charge in [-0.2, -0.15) is 0 Å². The van der Waals surface area contributed by atoms with Crippen molar-refractivity contribution in [2.45, 2.75) is 32.6 Å². The van der Waals surface area contributed by atoms with Crippen LogP contribution in [0.5, 0.6) is 0 Å². The summed E-state index contributed by atoms with van der Waals surface area (Å²) in [6.07, 6.45) is 0. The number of nitrogens with zero attached hydrogens (tertiary/aromatic N) is 4. The van der Waals surface area contributed by atoms with Gasteiger partial charge in [-0.15, -0.1) is 4.79 Å². The number of imidazole rings is 1. The first kappa shape index (κ1) is 24.2. The molecule has 0 aliphatic heterocycles. The average Bonchev–Trinajstić information content (AvgIpc) is 3.03. The van der Waals surface area contributed by atoms with E-state index in [0.717, 1.165) is 22.3 Å². The van der Waals surface area contributed by atoms with E-state index in [1.807, 2.05) is 26.2 Å². The number of rotatable bonds is 2. The van der Waals surface area contributed by atoms with Crippen LogP contribution in [0.3, 0.4) is 0 Å². The van der Waals surface area contributed by atoms with Gasteiger partial charge >= 0.3 is 5.62 Å². The molecule has 0 bridgehead atoms. The van der Waals surface area contributed by atoms with Crippen LogP contribution in [-0.4, -0.2) is 26.9 Å². The fourth-order valence-electron chi connectivity index (χ4n) is 3.63. The molecule has 3 aromatic carbocycles. The smallest absolute Gasteiger partial charge is 0.479 e. The summed E-state index contributed by atoms with van der Waals surface area (Å²) in [6.45, 7) is 8.46. The lowest BCUT2D eigenvalue weighted by atomic mass is 9.99. The molecule has 0 aliphatic rings. The number of fused-ring (bicyclic) bond motifs is 1. The molecule has 4 aromatic rings. The van der Waals surface area contributed by atoms with Crippen LogP contribution in [0.25, 0.3) is 11.0 Å². The summed E-state index contributed by atoms with van der Waals surface area (Å²) in [5.74, 6) is 0. The highest BCUT2D eigenvalue weighted by molar-refractivity contribution is 7.85. The van der Waals surface area contributed by atoms with Gasteiger partial charge in [0.15, 0.2) is 0 Å². The van der Waals surface area contributed by atoms with Gasteiger partial charge in [0.2, 0.25) is 0 Å². The molecule has 0 radical (unpaired) electrons. The van der Waals surface area contributed by atoms with Crippen molar-refractivity contribution in [1.82, 2.24) is 9.13 Å². The number of hydrogen-bond acceptors (Lipinski definition) is 4. The Balaban J connectivity index is 0.000000257. The van der Waals surface area contributed by atoms with E-state index in [1.54, 1.807) is 6.07 Å². The van der Waals surface area contributed by atoms with Crippen molar-refractivity contribution in [3.05, 3.63) is 88.5 Å². The van der Waals surface area contributed by atoms with Crippen LogP contribution in [0.15, 0.2) is 70.7 Å². The van der Waals surface area contributed by atoms with E-state index >= 15 is 0 Å². The number of aromatic nitrogens is 2. The Morgan fingerprint density at radius 3 is 1.67 bits per heavy atom. The monoisotopic (exact) mass is 464 g/mol. The number of benzene rings is 3. The highest BCUT2D eigenvalue weighted by Crippen LogP contribution is 2.28. The molecule has 4 rings (SSSR count). The molecule has 33 heavy (non-hydrogen) atoms. The van der Waals surface area contributed by atoms with Crippen LogP contribution in [-0.2, 0) is 24.2 Å². The zero-order chi connectivity index (χ0) is 24.3. The topological polar surface area (TPSA) is 93.5 Å². The molecule has 172 valence electrons. The summed E-state index contributed by atoms with van der Waals surface area (Å²) in [5.41, 5.74) is 9.01. The van der Waals surface area contributed by atoms with Crippen LogP contribution in [0.1, 0.15) is 22.3 Å². The van der Waals surface area contributed by atoms with Crippen molar-refractivity contribution in [2.24, 2.45) is 19.2 Å². The Morgan fingerprint density at radius 1 is 0.788 bits per heavy atom. The Labute approximate surface area is 194 Å². The molecule has 7 nitrogen and oxygen atoms in total. The molecule has 1 aromatic heterocycles. The van der Waals surface area contributed by atoms with Gasteiger partial charge in [-0.1, -0.05) is 36.4 Å². The minimum atomic E-state index is -4.25. The third-order valence-electron chi connectivity index (χ3n) is 5.80. The van der Waals surface area contributed by atoms with Crippen LogP contribution in [0, 0.1) is 27.7 Å². The molecule has 1 heterocycles. The van der Waals surface area contributed by atoms with Crippen molar-refractivity contribution in [3.8, 4) is 0 Å². The summed E-state index contributed by atoms with van der Waals surface area (Å²) in [7, 11) is -0.201. The molecular weight excluding hydrogens is 436 g/mol. The molecule has 0 aliphatic carbocycles. The Bertz CT molecular complexity index is 1460. The highest BCUT2D eigenvalue weighted by atomic mass is 32.2. The van der Waals surface area contributed by atoms with Crippen LogP contribution >= 0.6 is 0 Å². The second-order valence-corrected chi connectivity index (χ2v) is 9.36. The van der Waals surface area contributed by atoms with Crippen LogP contribution in [0.4, 0.5) is 5.69 Å². The fraction of sp³-hybridized carbons (Fsp3) is 0.240. The van der Waals surface area contributed by atoms with Crippen LogP contribution < -0.4 is 5.62 Å². The zero-order valence-electron chi connectivity index (χ0n) is 19.7. The van der Waals surface area contributed by atoms with Gasteiger partial charge in [-0.3, -0.25) is 0 Å². The van der Waals surface area contributed by atoms with Crippen molar-refractivity contribution < 1.29 is 17.8 Å². The summed E-state index contributed by atoms with van der Waals surface area (Å²) in [5, 5.41) is 4.60. The number of aryl methyl sites for hydroxylation is 4. The van der Waals surface area contributed by atoms with Gasteiger partial charge < -0.3 is 4.55 Å². The predicted octanol–water partition coefficient (Wildman–Crippen LogP) is 4.23. The van der Waals surface area contributed by atoms with E-state index in [1.165, 1.54) is 46.5 Å². The minimum Gasteiger partial charge on any atom is -0.744 e. The minimum absolute atomic E-state index is 0.185. The molecular formula is C25H28N4O3S. The van der Waals surface area contributed by atoms with E-state index in [-0.39, 0.29) is 4.90 Å². The van der Waals surface area contributed by atoms with E-state index in [0.29, 0.717) is 0 Å². The predicted molar refractivity (Wildman–Crippen MR) is 127 cm³/mol. The molecule has 0 fully saturated rings. The quantitative estimate of drug-likeness (QED) is 0.252. The molecule has 0 saturated heterocycles. The standard InChI is InChI=1S/C19H23N4.C6H6O3S/c1-12-11-13(2)15(4)18(14(12)3)20-21-19-22(5)16-9-7-8-10-17(16)23(19)6;7-10(8,9)6-4-2-1-3-5-6/h7-11H,1-6H3;1-5H,(H,7,8,9)/q+1;/p-1. The summed E-state index contributed by atoms with van der Waals surface area (Å²) >= 11 is 0. The van der Waals surface area contributed by atoms with Crippen molar-refractivity contribution in [3.63, 3.8) is 0 Å². The first-order valence-corrected chi connectivity index (χ1v) is 11.9.